The molecule has 2 aliphatic rings. The Hall–Kier alpha value is -3.39. The molecule has 8 nitrogen and oxygen atoms in total. The first-order valence-electron chi connectivity index (χ1n) is 11.6. The number of carboxylic acid groups (broad SMARTS) is 1. The Kier molecular flexibility index (Phi) is 7.47. The van der Waals surface area contributed by atoms with E-state index in [4.69, 9.17) is 9.47 Å². The molecule has 3 unspecified atom stereocenters. The molecule has 0 aliphatic heterocycles. The summed E-state index contributed by atoms with van der Waals surface area (Å²) in [7, 11) is 1.39. The summed E-state index contributed by atoms with van der Waals surface area (Å²) in [5.74, 6) is -1.70. The number of alkyl carbamates (subject to hydrolysis) is 1. The number of fused-ring (bicyclic) bond motifs is 3. The van der Waals surface area contributed by atoms with Crippen molar-refractivity contribution >= 4 is 18.0 Å². The number of amides is 2. The molecule has 0 bridgehead atoms. The Balaban J connectivity index is 1.28. The van der Waals surface area contributed by atoms with Gasteiger partial charge in [0.05, 0.1) is 12.5 Å². The zero-order valence-corrected chi connectivity index (χ0v) is 19.2. The average molecular weight is 467 g/mol. The van der Waals surface area contributed by atoms with E-state index in [2.05, 4.69) is 22.8 Å². The number of aliphatic carboxylic acids is 1. The molecule has 0 saturated heterocycles. The van der Waals surface area contributed by atoms with E-state index >= 15 is 0 Å². The van der Waals surface area contributed by atoms with E-state index in [1.165, 1.54) is 7.11 Å². The molecule has 0 aromatic heterocycles. The zero-order valence-electron chi connectivity index (χ0n) is 19.2. The maximum Gasteiger partial charge on any atom is 0.407 e. The van der Waals surface area contributed by atoms with Gasteiger partial charge in [-0.1, -0.05) is 55.0 Å². The summed E-state index contributed by atoms with van der Waals surface area (Å²) in [5.41, 5.74) is 4.54. The van der Waals surface area contributed by atoms with Crippen LogP contribution in [-0.2, 0) is 19.1 Å². The first kappa shape index (κ1) is 23.8. The summed E-state index contributed by atoms with van der Waals surface area (Å²) in [6.45, 7) is 0.135. The van der Waals surface area contributed by atoms with Crippen molar-refractivity contribution < 1.29 is 29.0 Å². The lowest BCUT2D eigenvalue weighted by atomic mass is 9.85. The molecular weight excluding hydrogens is 436 g/mol. The van der Waals surface area contributed by atoms with Gasteiger partial charge in [0.1, 0.15) is 6.61 Å². The van der Waals surface area contributed by atoms with Gasteiger partial charge >= 0.3 is 12.1 Å². The van der Waals surface area contributed by atoms with Crippen LogP contribution in [0.25, 0.3) is 11.1 Å². The molecule has 3 atom stereocenters. The van der Waals surface area contributed by atoms with Gasteiger partial charge in [-0.3, -0.25) is 9.59 Å². The van der Waals surface area contributed by atoms with E-state index in [0.717, 1.165) is 35.1 Å². The number of benzene rings is 2. The fourth-order valence-corrected chi connectivity index (χ4v) is 4.95. The van der Waals surface area contributed by atoms with Crippen LogP contribution in [-0.4, -0.2) is 55.5 Å². The van der Waals surface area contributed by atoms with Gasteiger partial charge in [-0.15, -0.1) is 0 Å². The van der Waals surface area contributed by atoms with Gasteiger partial charge in [-0.05, 0) is 41.5 Å². The molecule has 1 fully saturated rings. The normalized spacial score (nSPS) is 20.0. The molecule has 3 N–H and O–H groups in total. The fourth-order valence-electron chi connectivity index (χ4n) is 4.95. The van der Waals surface area contributed by atoms with Crippen molar-refractivity contribution in [3.8, 4) is 11.1 Å². The summed E-state index contributed by atoms with van der Waals surface area (Å²) in [4.78, 5) is 36.2. The highest BCUT2D eigenvalue weighted by molar-refractivity contribution is 5.82. The number of carboxylic acids is 1. The van der Waals surface area contributed by atoms with Crippen LogP contribution in [0.3, 0.4) is 0 Å². The number of hydrogen-bond acceptors (Lipinski definition) is 5. The molecule has 0 radical (unpaired) electrons. The molecule has 0 heterocycles. The standard InChI is InChI=1S/C26H30N2O6/c1-33-23(24(29)28-17-8-6-7-16(13-17)25(30)31)14-27-26(32)34-15-22-20-11-4-2-9-18(20)19-10-3-5-12-21(19)22/h2-5,9-12,16-17,22-23H,6-8,13-15H2,1H3,(H,27,32)(H,28,29)(H,30,31). The highest BCUT2D eigenvalue weighted by Crippen LogP contribution is 2.44. The predicted molar refractivity (Wildman–Crippen MR) is 125 cm³/mol. The van der Waals surface area contributed by atoms with Gasteiger partial charge in [-0.2, -0.15) is 0 Å². The number of methoxy groups -OCH3 is 1. The van der Waals surface area contributed by atoms with E-state index in [0.29, 0.717) is 12.8 Å². The van der Waals surface area contributed by atoms with Crippen LogP contribution in [0.4, 0.5) is 4.79 Å². The van der Waals surface area contributed by atoms with Crippen molar-refractivity contribution in [1.82, 2.24) is 10.6 Å². The average Bonchev–Trinajstić information content (AvgIpc) is 3.17. The molecule has 1 saturated carbocycles. The van der Waals surface area contributed by atoms with Crippen molar-refractivity contribution in [2.24, 2.45) is 5.92 Å². The summed E-state index contributed by atoms with van der Waals surface area (Å²) < 4.78 is 10.8. The second-order valence-electron chi connectivity index (χ2n) is 8.84. The Labute approximate surface area is 198 Å². The van der Waals surface area contributed by atoms with Gasteiger partial charge < -0.3 is 25.2 Å². The van der Waals surface area contributed by atoms with Crippen molar-refractivity contribution in [2.75, 3.05) is 20.3 Å². The molecule has 0 spiro atoms. The van der Waals surface area contributed by atoms with Crippen molar-refractivity contribution in [3.05, 3.63) is 59.7 Å². The highest BCUT2D eigenvalue weighted by atomic mass is 16.5. The maximum atomic E-state index is 12.6. The molecule has 8 heteroatoms. The Morgan fingerprint density at radius 3 is 2.29 bits per heavy atom. The van der Waals surface area contributed by atoms with Crippen molar-refractivity contribution in [3.63, 3.8) is 0 Å². The molecule has 2 amide bonds. The van der Waals surface area contributed by atoms with E-state index in [1.807, 2.05) is 36.4 Å². The largest absolute Gasteiger partial charge is 0.481 e. The first-order chi connectivity index (χ1) is 16.5. The quantitative estimate of drug-likeness (QED) is 0.550. The minimum atomic E-state index is -0.898. The molecule has 34 heavy (non-hydrogen) atoms. The van der Waals surface area contributed by atoms with Crippen LogP contribution in [0, 0.1) is 5.92 Å². The van der Waals surface area contributed by atoms with Crippen LogP contribution in [0.15, 0.2) is 48.5 Å². The number of carbonyl (C=O) groups excluding carboxylic acids is 2. The third-order valence-electron chi connectivity index (χ3n) is 6.72. The Morgan fingerprint density at radius 2 is 1.68 bits per heavy atom. The predicted octanol–water partition coefficient (Wildman–Crippen LogP) is 3.30. The lowest BCUT2D eigenvalue weighted by molar-refractivity contribution is -0.143. The monoisotopic (exact) mass is 466 g/mol. The van der Waals surface area contributed by atoms with E-state index in [-0.39, 0.29) is 31.0 Å². The second-order valence-corrected chi connectivity index (χ2v) is 8.84. The smallest absolute Gasteiger partial charge is 0.407 e. The van der Waals surface area contributed by atoms with Crippen LogP contribution in [0.5, 0.6) is 0 Å². The summed E-state index contributed by atoms with van der Waals surface area (Å²) in [5, 5.41) is 14.7. The maximum absolute atomic E-state index is 12.6. The first-order valence-corrected chi connectivity index (χ1v) is 11.6. The molecule has 2 aromatic rings. The van der Waals surface area contributed by atoms with Gasteiger partial charge in [0.25, 0.3) is 5.91 Å². The lowest BCUT2D eigenvalue weighted by Gasteiger charge is -2.28. The van der Waals surface area contributed by atoms with Gasteiger partial charge in [0, 0.05) is 19.1 Å². The molecule has 180 valence electrons. The number of rotatable bonds is 8. The minimum absolute atomic E-state index is 0.0475. The molecule has 2 aromatic carbocycles. The van der Waals surface area contributed by atoms with Gasteiger partial charge in [-0.25, -0.2) is 4.79 Å². The summed E-state index contributed by atoms with van der Waals surface area (Å²) >= 11 is 0. The second kappa shape index (κ2) is 10.7. The van der Waals surface area contributed by atoms with Crippen LogP contribution in [0.1, 0.15) is 42.7 Å². The van der Waals surface area contributed by atoms with Crippen molar-refractivity contribution in [2.45, 2.75) is 43.7 Å². The third kappa shape index (κ3) is 5.22. The SMILES string of the molecule is COC(CNC(=O)OCC1c2ccccc2-c2ccccc21)C(=O)NC1CCCC(C(=O)O)C1. The topological polar surface area (TPSA) is 114 Å². The summed E-state index contributed by atoms with van der Waals surface area (Å²) in [6, 6.07) is 16.0. The number of nitrogens with one attached hydrogen (secondary N) is 2. The Morgan fingerprint density at radius 1 is 1.03 bits per heavy atom. The van der Waals surface area contributed by atoms with Gasteiger partial charge in [0.15, 0.2) is 6.10 Å². The number of ether oxygens (including phenoxy) is 2. The Bertz CT molecular complexity index is 1010. The minimum Gasteiger partial charge on any atom is -0.481 e. The van der Waals surface area contributed by atoms with E-state index in [1.54, 1.807) is 0 Å². The van der Waals surface area contributed by atoms with Crippen LogP contribution in [0.2, 0.25) is 0 Å². The lowest BCUT2D eigenvalue weighted by Crippen LogP contribution is -2.48. The number of hydrogen-bond donors (Lipinski definition) is 3. The molecule has 2 aliphatic carbocycles. The van der Waals surface area contributed by atoms with E-state index in [9.17, 15) is 19.5 Å². The van der Waals surface area contributed by atoms with Gasteiger partial charge in [0.2, 0.25) is 0 Å². The fraction of sp³-hybridized carbons (Fsp3) is 0.423. The molecular formula is C26H30N2O6. The zero-order chi connectivity index (χ0) is 24.1. The van der Waals surface area contributed by atoms with Crippen LogP contribution >= 0.6 is 0 Å². The van der Waals surface area contributed by atoms with E-state index < -0.39 is 24.1 Å². The molecule has 4 rings (SSSR count). The highest BCUT2D eigenvalue weighted by Gasteiger charge is 2.31. The summed E-state index contributed by atoms with van der Waals surface area (Å²) in [6.07, 6.45) is 0.977. The third-order valence-corrected chi connectivity index (χ3v) is 6.72. The van der Waals surface area contributed by atoms with Crippen molar-refractivity contribution in [1.29, 1.82) is 0 Å². The van der Waals surface area contributed by atoms with Crippen LogP contribution < -0.4 is 10.6 Å². The number of carbonyl (C=O) groups is 3.